The average molecular weight is 313 g/mol. The summed E-state index contributed by atoms with van der Waals surface area (Å²) in [5, 5.41) is 4.47. The second-order valence-corrected chi connectivity index (χ2v) is 6.57. The summed E-state index contributed by atoms with van der Waals surface area (Å²) in [6.45, 7) is 7.17. The minimum absolute atomic E-state index is 0.274. The van der Waals surface area contributed by atoms with Crippen molar-refractivity contribution in [3.05, 3.63) is 47.3 Å². The molecule has 2 heterocycles. The lowest BCUT2D eigenvalue weighted by molar-refractivity contribution is 0.133. The van der Waals surface area contributed by atoms with E-state index in [0.717, 1.165) is 37.5 Å². The molecule has 3 rings (SSSR count). The smallest absolute Gasteiger partial charge is 0.124 e. The standard InChI is InChI=1S/C19H27N3O/c1-4-5-9-18-14-22(13-17-11-21(3)20-15(17)2)12-16-8-6-7-10-19(16)23-18/h6-8,10-11,18H,4-5,9,12-14H2,1-3H3. The Balaban J connectivity index is 1.80. The molecule has 0 bridgehead atoms. The highest BCUT2D eigenvalue weighted by atomic mass is 16.5. The van der Waals surface area contributed by atoms with Crippen molar-refractivity contribution in [3.8, 4) is 5.75 Å². The zero-order chi connectivity index (χ0) is 16.2. The molecule has 2 aromatic rings. The maximum Gasteiger partial charge on any atom is 0.124 e. The average Bonchev–Trinajstić information content (AvgIpc) is 2.74. The minimum Gasteiger partial charge on any atom is -0.489 e. The Bertz CT molecular complexity index is 650. The van der Waals surface area contributed by atoms with Crippen molar-refractivity contribution < 1.29 is 4.74 Å². The molecule has 1 aliphatic heterocycles. The predicted molar refractivity (Wildman–Crippen MR) is 92.4 cm³/mol. The van der Waals surface area contributed by atoms with Crippen molar-refractivity contribution in [1.82, 2.24) is 14.7 Å². The van der Waals surface area contributed by atoms with Gasteiger partial charge in [0, 0.05) is 44.0 Å². The zero-order valence-electron chi connectivity index (χ0n) is 14.5. The van der Waals surface area contributed by atoms with Gasteiger partial charge in [0.2, 0.25) is 0 Å². The van der Waals surface area contributed by atoms with Crippen molar-refractivity contribution >= 4 is 0 Å². The van der Waals surface area contributed by atoms with Gasteiger partial charge in [0.1, 0.15) is 11.9 Å². The Labute approximate surface area is 139 Å². The van der Waals surface area contributed by atoms with Crippen molar-refractivity contribution in [1.29, 1.82) is 0 Å². The van der Waals surface area contributed by atoms with E-state index in [9.17, 15) is 0 Å². The molecule has 0 fully saturated rings. The Hall–Kier alpha value is -1.81. The number of hydrogen-bond donors (Lipinski definition) is 0. The van der Waals surface area contributed by atoms with Crippen LogP contribution in [0.1, 0.15) is 43.0 Å². The topological polar surface area (TPSA) is 30.3 Å². The number of hydrogen-bond acceptors (Lipinski definition) is 3. The van der Waals surface area contributed by atoms with E-state index in [4.69, 9.17) is 4.74 Å². The van der Waals surface area contributed by atoms with Gasteiger partial charge in [-0.05, 0) is 25.8 Å². The molecule has 4 heteroatoms. The number of rotatable bonds is 5. The van der Waals surface area contributed by atoms with Crippen LogP contribution in [-0.4, -0.2) is 27.3 Å². The molecule has 4 nitrogen and oxygen atoms in total. The first-order valence-corrected chi connectivity index (χ1v) is 8.61. The first kappa shape index (κ1) is 16.1. The van der Waals surface area contributed by atoms with E-state index in [1.807, 2.05) is 11.7 Å². The predicted octanol–water partition coefficient (Wildman–Crippen LogP) is 3.68. The molecule has 1 aliphatic rings. The number of unbranched alkanes of at least 4 members (excludes halogenated alkanes) is 1. The largest absolute Gasteiger partial charge is 0.489 e. The number of para-hydroxylation sites is 1. The van der Waals surface area contributed by atoms with E-state index in [-0.39, 0.29) is 6.10 Å². The van der Waals surface area contributed by atoms with Crippen molar-refractivity contribution in [2.75, 3.05) is 6.54 Å². The van der Waals surface area contributed by atoms with Gasteiger partial charge in [-0.3, -0.25) is 9.58 Å². The van der Waals surface area contributed by atoms with Gasteiger partial charge in [-0.25, -0.2) is 0 Å². The molecule has 0 amide bonds. The normalized spacial score (nSPS) is 18.3. The van der Waals surface area contributed by atoms with E-state index in [1.54, 1.807) is 0 Å². The molecule has 0 radical (unpaired) electrons. The lowest BCUT2D eigenvalue weighted by Crippen LogP contribution is -2.32. The second kappa shape index (κ2) is 7.18. The Kier molecular flexibility index (Phi) is 5.01. The van der Waals surface area contributed by atoms with Crippen LogP contribution in [0.3, 0.4) is 0 Å². The highest BCUT2D eigenvalue weighted by Gasteiger charge is 2.23. The van der Waals surface area contributed by atoms with E-state index in [1.165, 1.54) is 24.0 Å². The minimum atomic E-state index is 0.274. The summed E-state index contributed by atoms with van der Waals surface area (Å²) in [5.74, 6) is 1.05. The summed E-state index contributed by atoms with van der Waals surface area (Å²) in [6.07, 6.45) is 5.95. The van der Waals surface area contributed by atoms with Gasteiger partial charge >= 0.3 is 0 Å². The van der Waals surface area contributed by atoms with Crippen LogP contribution in [0.4, 0.5) is 0 Å². The molecular weight excluding hydrogens is 286 g/mol. The highest BCUT2D eigenvalue weighted by Crippen LogP contribution is 2.27. The maximum atomic E-state index is 6.30. The molecule has 0 N–H and O–H groups in total. The molecule has 1 aromatic heterocycles. The summed E-state index contributed by atoms with van der Waals surface area (Å²) < 4.78 is 8.20. The number of benzene rings is 1. The monoisotopic (exact) mass is 313 g/mol. The lowest BCUT2D eigenvalue weighted by Gasteiger charge is -2.23. The number of ether oxygens (including phenoxy) is 1. The summed E-state index contributed by atoms with van der Waals surface area (Å²) >= 11 is 0. The lowest BCUT2D eigenvalue weighted by atomic mass is 10.1. The molecule has 0 spiro atoms. The third-order valence-electron chi connectivity index (χ3n) is 4.51. The fourth-order valence-electron chi connectivity index (χ4n) is 3.31. The van der Waals surface area contributed by atoms with Crippen LogP contribution in [0.2, 0.25) is 0 Å². The molecule has 0 saturated heterocycles. The molecule has 0 saturated carbocycles. The van der Waals surface area contributed by atoms with E-state index in [2.05, 4.69) is 54.3 Å². The third kappa shape index (κ3) is 3.94. The van der Waals surface area contributed by atoms with E-state index >= 15 is 0 Å². The van der Waals surface area contributed by atoms with Crippen LogP contribution in [0.5, 0.6) is 5.75 Å². The van der Waals surface area contributed by atoms with Gasteiger partial charge in [0.05, 0.1) is 5.69 Å². The van der Waals surface area contributed by atoms with Crippen LogP contribution in [0, 0.1) is 6.92 Å². The van der Waals surface area contributed by atoms with Gasteiger partial charge in [-0.1, -0.05) is 31.5 Å². The first-order chi connectivity index (χ1) is 11.2. The number of nitrogens with zero attached hydrogens (tertiary/aromatic N) is 3. The molecule has 0 aliphatic carbocycles. The van der Waals surface area contributed by atoms with Crippen LogP contribution in [-0.2, 0) is 20.1 Å². The Morgan fingerprint density at radius 3 is 2.87 bits per heavy atom. The van der Waals surface area contributed by atoms with Crippen LogP contribution >= 0.6 is 0 Å². The summed E-state index contributed by atoms with van der Waals surface area (Å²) in [6, 6.07) is 8.45. The second-order valence-electron chi connectivity index (χ2n) is 6.57. The number of fused-ring (bicyclic) bond motifs is 1. The molecule has 1 unspecified atom stereocenters. The maximum absolute atomic E-state index is 6.30. The molecule has 23 heavy (non-hydrogen) atoms. The number of aryl methyl sites for hydroxylation is 2. The first-order valence-electron chi connectivity index (χ1n) is 8.61. The Morgan fingerprint density at radius 1 is 1.30 bits per heavy atom. The molecule has 1 atom stereocenters. The van der Waals surface area contributed by atoms with E-state index < -0.39 is 0 Å². The van der Waals surface area contributed by atoms with Crippen LogP contribution < -0.4 is 4.74 Å². The summed E-state index contributed by atoms with van der Waals surface area (Å²) in [5.41, 5.74) is 3.71. The van der Waals surface area contributed by atoms with Gasteiger partial charge in [0.15, 0.2) is 0 Å². The number of aromatic nitrogens is 2. The Morgan fingerprint density at radius 2 is 2.13 bits per heavy atom. The molecule has 124 valence electrons. The van der Waals surface area contributed by atoms with Gasteiger partial charge in [-0.15, -0.1) is 0 Å². The summed E-state index contributed by atoms with van der Waals surface area (Å²) in [7, 11) is 1.99. The quantitative estimate of drug-likeness (QED) is 0.843. The molecule has 1 aromatic carbocycles. The van der Waals surface area contributed by atoms with Crippen molar-refractivity contribution in [3.63, 3.8) is 0 Å². The zero-order valence-corrected chi connectivity index (χ0v) is 14.5. The fourth-order valence-corrected chi connectivity index (χ4v) is 3.31. The summed E-state index contributed by atoms with van der Waals surface area (Å²) in [4.78, 5) is 2.50. The van der Waals surface area contributed by atoms with Crippen LogP contribution in [0.15, 0.2) is 30.5 Å². The van der Waals surface area contributed by atoms with Crippen LogP contribution in [0.25, 0.3) is 0 Å². The van der Waals surface area contributed by atoms with Crippen molar-refractivity contribution in [2.45, 2.75) is 52.3 Å². The van der Waals surface area contributed by atoms with E-state index in [0.29, 0.717) is 0 Å². The van der Waals surface area contributed by atoms with Gasteiger partial charge in [0.25, 0.3) is 0 Å². The highest BCUT2D eigenvalue weighted by molar-refractivity contribution is 5.34. The van der Waals surface area contributed by atoms with Gasteiger partial charge in [-0.2, -0.15) is 5.10 Å². The third-order valence-corrected chi connectivity index (χ3v) is 4.51. The fraction of sp³-hybridized carbons (Fsp3) is 0.526. The van der Waals surface area contributed by atoms with Gasteiger partial charge < -0.3 is 4.74 Å². The van der Waals surface area contributed by atoms with Crippen molar-refractivity contribution in [2.24, 2.45) is 7.05 Å². The SMILES string of the molecule is CCCCC1CN(Cc2cn(C)nc2C)Cc2ccccc2O1. The molecular formula is C19H27N3O.